The molecule has 1 fully saturated rings. The van der Waals surface area contributed by atoms with E-state index in [0.29, 0.717) is 19.6 Å². The fourth-order valence-corrected chi connectivity index (χ4v) is 4.64. The first-order valence-corrected chi connectivity index (χ1v) is 11.6. The van der Waals surface area contributed by atoms with Crippen LogP contribution >= 0.6 is 11.3 Å². The molecule has 3 aromatic rings. The van der Waals surface area contributed by atoms with Crippen molar-refractivity contribution in [2.24, 2.45) is 0 Å². The molecule has 0 spiro atoms. The van der Waals surface area contributed by atoms with E-state index in [1.165, 1.54) is 5.56 Å². The lowest BCUT2D eigenvalue weighted by Crippen LogP contribution is -2.51. The van der Waals surface area contributed by atoms with E-state index in [4.69, 9.17) is 10.1 Å². The topological polar surface area (TPSA) is 77.8 Å². The van der Waals surface area contributed by atoms with Gasteiger partial charge in [-0.05, 0) is 40.7 Å². The maximum Gasteiger partial charge on any atom is 0.317 e. The second-order valence-electron chi connectivity index (χ2n) is 8.94. The number of imidazole rings is 1. The van der Waals surface area contributed by atoms with Crippen molar-refractivity contribution in [2.75, 3.05) is 42.9 Å². The average Bonchev–Trinajstić information content (AvgIpc) is 3.27. The molecule has 0 atom stereocenters. The molecule has 166 valence electrons. The van der Waals surface area contributed by atoms with Crippen LogP contribution in [0.3, 0.4) is 0 Å². The van der Waals surface area contributed by atoms with Gasteiger partial charge in [0, 0.05) is 43.8 Å². The Balaban J connectivity index is 1.63. The molecule has 0 unspecified atom stereocenters. The molecule has 9 heteroatoms. The zero-order chi connectivity index (χ0) is 22.2. The van der Waals surface area contributed by atoms with Crippen LogP contribution in [0, 0.1) is 6.92 Å². The van der Waals surface area contributed by atoms with Gasteiger partial charge in [-0.3, -0.25) is 0 Å². The molecule has 0 aliphatic carbocycles. The van der Waals surface area contributed by atoms with Gasteiger partial charge in [-0.15, -0.1) is 5.10 Å². The highest BCUT2D eigenvalue weighted by molar-refractivity contribution is 7.20. The third-order valence-electron chi connectivity index (χ3n) is 5.14. The monoisotopic (exact) mass is 441 g/mol. The van der Waals surface area contributed by atoms with E-state index in [1.807, 2.05) is 16.3 Å². The maximum absolute atomic E-state index is 12.1. The van der Waals surface area contributed by atoms with Crippen molar-refractivity contribution in [2.45, 2.75) is 40.2 Å². The third kappa shape index (κ3) is 4.61. The number of amides is 2. The van der Waals surface area contributed by atoms with Gasteiger partial charge >= 0.3 is 6.03 Å². The smallest absolute Gasteiger partial charge is 0.317 e. The Hall–Kier alpha value is -2.81. The minimum Gasteiger partial charge on any atom is -0.364 e. The number of aromatic nitrogens is 3. The minimum absolute atomic E-state index is 0.00977. The summed E-state index contributed by atoms with van der Waals surface area (Å²) in [4.78, 5) is 22.0. The number of aryl methyl sites for hydroxylation is 1. The highest BCUT2D eigenvalue weighted by Gasteiger charge is 2.26. The van der Waals surface area contributed by atoms with Crippen LogP contribution in [-0.4, -0.2) is 63.8 Å². The summed E-state index contributed by atoms with van der Waals surface area (Å²) in [7, 11) is 0. The van der Waals surface area contributed by atoms with E-state index in [2.05, 4.69) is 67.5 Å². The van der Waals surface area contributed by atoms with E-state index < -0.39 is 0 Å². The number of urea groups is 1. The SMILES string of the molecule is CCNC(=O)N1CCN(c2nn3c(NC(C)(C)C)c(-c4cccc(C)c4)nc3s2)CC1. The van der Waals surface area contributed by atoms with E-state index in [9.17, 15) is 4.79 Å². The Morgan fingerprint density at radius 2 is 1.94 bits per heavy atom. The van der Waals surface area contributed by atoms with Crippen molar-refractivity contribution < 1.29 is 4.79 Å². The number of nitrogens with one attached hydrogen (secondary N) is 2. The van der Waals surface area contributed by atoms with Gasteiger partial charge < -0.3 is 20.4 Å². The normalized spacial score (nSPS) is 14.9. The molecular formula is C22H31N7OS. The van der Waals surface area contributed by atoms with E-state index in [0.717, 1.165) is 40.3 Å². The molecule has 8 nitrogen and oxygen atoms in total. The molecule has 1 saturated heterocycles. The number of anilines is 2. The molecule has 3 heterocycles. The van der Waals surface area contributed by atoms with E-state index >= 15 is 0 Å². The van der Waals surface area contributed by atoms with Crippen molar-refractivity contribution in [3.8, 4) is 11.3 Å². The summed E-state index contributed by atoms with van der Waals surface area (Å²) in [5.74, 6) is 0.913. The first-order valence-electron chi connectivity index (χ1n) is 10.8. The maximum atomic E-state index is 12.1. The second-order valence-corrected chi connectivity index (χ2v) is 9.88. The number of carbonyl (C=O) groups excluding carboxylic acids is 1. The Labute approximate surface area is 187 Å². The number of benzene rings is 1. The fourth-order valence-electron chi connectivity index (χ4n) is 3.69. The lowest BCUT2D eigenvalue weighted by atomic mass is 10.1. The highest BCUT2D eigenvalue weighted by atomic mass is 32.1. The summed E-state index contributed by atoms with van der Waals surface area (Å²) in [6.45, 7) is 14.0. The lowest BCUT2D eigenvalue weighted by molar-refractivity contribution is 0.195. The van der Waals surface area contributed by atoms with Gasteiger partial charge in [0.1, 0.15) is 5.69 Å². The first kappa shape index (κ1) is 21.4. The molecule has 1 aliphatic rings. The van der Waals surface area contributed by atoms with Gasteiger partial charge in [0.15, 0.2) is 5.82 Å². The average molecular weight is 442 g/mol. The molecule has 2 aromatic heterocycles. The molecule has 2 amide bonds. The van der Waals surface area contributed by atoms with Crippen LogP contribution in [0.25, 0.3) is 16.2 Å². The molecule has 31 heavy (non-hydrogen) atoms. The van der Waals surface area contributed by atoms with Gasteiger partial charge in [0.25, 0.3) is 0 Å². The number of nitrogens with zero attached hydrogens (tertiary/aromatic N) is 5. The number of fused-ring (bicyclic) bond motifs is 1. The van der Waals surface area contributed by atoms with Gasteiger partial charge in [0.2, 0.25) is 10.1 Å². The molecule has 4 rings (SSSR count). The minimum atomic E-state index is -0.128. The fraction of sp³-hybridized carbons (Fsp3) is 0.500. The predicted octanol–water partition coefficient (Wildman–Crippen LogP) is 3.83. The summed E-state index contributed by atoms with van der Waals surface area (Å²) in [6.07, 6.45) is 0. The number of carbonyl (C=O) groups is 1. The zero-order valence-electron chi connectivity index (χ0n) is 18.9. The standard InChI is InChI=1S/C22H31N7OS/c1-6-23-19(30)27-10-12-28(13-11-27)21-26-29-18(25-22(3,4)5)17(24-20(29)31-21)16-9-7-8-15(2)14-16/h7-9,14,25H,6,10-13H2,1-5H3,(H,23,30). The van der Waals surface area contributed by atoms with Crippen LogP contribution in [0.5, 0.6) is 0 Å². The molecule has 0 bridgehead atoms. The van der Waals surface area contributed by atoms with Crippen molar-refractivity contribution in [3.63, 3.8) is 0 Å². The number of rotatable bonds is 4. The van der Waals surface area contributed by atoms with Crippen LogP contribution in [0.2, 0.25) is 0 Å². The zero-order valence-corrected chi connectivity index (χ0v) is 19.7. The molecule has 1 aromatic carbocycles. The number of hydrogen-bond donors (Lipinski definition) is 2. The summed E-state index contributed by atoms with van der Waals surface area (Å²) < 4.78 is 1.93. The summed E-state index contributed by atoms with van der Waals surface area (Å²) >= 11 is 1.59. The molecule has 1 aliphatic heterocycles. The molecule has 0 saturated carbocycles. The van der Waals surface area contributed by atoms with E-state index in [1.54, 1.807) is 11.3 Å². The van der Waals surface area contributed by atoms with Crippen molar-refractivity contribution in [1.82, 2.24) is 24.8 Å². The van der Waals surface area contributed by atoms with Crippen LogP contribution in [0.15, 0.2) is 24.3 Å². The number of hydrogen-bond acceptors (Lipinski definition) is 6. The van der Waals surface area contributed by atoms with Crippen LogP contribution in [0.1, 0.15) is 33.3 Å². The molecule has 2 N–H and O–H groups in total. The molecule has 0 radical (unpaired) electrons. The van der Waals surface area contributed by atoms with Gasteiger partial charge in [-0.25, -0.2) is 9.78 Å². The predicted molar refractivity (Wildman–Crippen MR) is 127 cm³/mol. The quantitative estimate of drug-likeness (QED) is 0.643. The summed E-state index contributed by atoms with van der Waals surface area (Å²) in [5.41, 5.74) is 3.08. The third-order valence-corrected chi connectivity index (χ3v) is 6.11. The largest absolute Gasteiger partial charge is 0.364 e. The highest BCUT2D eigenvalue weighted by Crippen LogP contribution is 2.35. The van der Waals surface area contributed by atoms with Gasteiger partial charge in [0.05, 0.1) is 0 Å². The first-order chi connectivity index (χ1) is 14.7. The van der Waals surface area contributed by atoms with Gasteiger partial charge in [-0.2, -0.15) is 4.52 Å². The van der Waals surface area contributed by atoms with Crippen molar-refractivity contribution in [1.29, 1.82) is 0 Å². The van der Waals surface area contributed by atoms with E-state index in [-0.39, 0.29) is 11.6 Å². The van der Waals surface area contributed by atoms with Crippen molar-refractivity contribution in [3.05, 3.63) is 29.8 Å². The Bertz CT molecular complexity index is 1070. The van der Waals surface area contributed by atoms with Crippen LogP contribution in [-0.2, 0) is 0 Å². The lowest BCUT2D eigenvalue weighted by Gasteiger charge is -2.34. The van der Waals surface area contributed by atoms with Crippen LogP contribution < -0.4 is 15.5 Å². The van der Waals surface area contributed by atoms with Crippen LogP contribution in [0.4, 0.5) is 15.7 Å². The number of piperazine rings is 1. The summed E-state index contributed by atoms with van der Waals surface area (Å²) in [5, 5.41) is 12.3. The Morgan fingerprint density at radius 3 is 2.58 bits per heavy atom. The Morgan fingerprint density at radius 1 is 1.19 bits per heavy atom. The molecular weight excluding hydrogens is 410 g/mol. The summed E-state index contributed by atoms with van der Waals surface area (Å²) in [6, 6.07) is 8.41. The van der Waals surface area contributed by atoms with Gasteiger partial charge in [-0.1, -0.05) is 35.1 Å². The Kier molecular flexibility index (Phi) is 5.79. The van der Waals surface area contributed by atoms with Crippen molar-refractivity contribution >= 4 is 33.3 Å². The second kappa shape index (κ2) is 8.37.